The summed E-state index contributed by atoms with van der Waals surface area (Å²) in [5.41, 5.74) is 3.50. The van der Waals surface area contributed by atoms with Crippen LogP contribution in [0.4, 0.5) is 0 Å². The fourth-order valence-electron chi connectivity index (χ4n) is 3.26. The van der Waals surface area contributed by atoms with Crippen molar-refractivity contribution in [3.05, 3.63) is 65.5 Å². The van der Waals surface area contributed by atoms with Gasteiger partial charge in [-0.3, -0.25) is 9.78 Å². The number of pyridine rings is 1. The molecular formula is C20H27Cl2N3O. The maximum atomic E-state index is 13.1. The Bertz CT molecular complexity index is 679. The van der Waals surface area contributed by atoms with Gasteiger partial charge in [0.25, 0.3) is 0 Å². The lowest BCUT2D eigenvalue weighted by Gasteiger charge is -2.38. The molecule has 2 heterocycles. The minimum absolute atomic E-state index is 0. The minimum atomic E-state index is -0.172. The Morgan fingerprint density at radius 3 is 2.62 bits per heavy atom. The van der Waals surface area contributed by atoms with Gasteiger partial charge in [0.05, 0.1) is 12.0 Å². The average Bonchev–Trinajstić information content (AvgIpc) is 2.67. The van der Waals surface area contributed by atoms with Crippen molar-refractivity contribution in [2.24, 2.45) is 0 Å². The van der Waals surface area contributed by atoms with Crippen LogP contribution < -0.4 is 5.32 Å². The third-order valence-electron chi connectivity index (χ3n) is 4.85. The predicted octanol–water partition coefficient (Wildman–Crippen LogP) is 3.76. The molecule has 0 bridgehead atoms. The molecule has 26 heavy (non-hydrogen) atoms. The van der Waals surface area contributed by atoms with Gasteiger partial charge in [0.15, 0.2) is 0 Å². The fourth-order valence-corrected chi connectivity index (χ4v) is 3.26. The van der Waals surface area contributed by atoms with Gasteiger partial charge in [0.1, 0.15) is 0 Å². The van der Waals surface area contributed by atoms with E-state index in [9.17, 15) is 4.79 Å². The highest BCUT2D eigenvalue weighted by molar-refractivity contribution is 5.85. The lowest BCUT2D eigenvalue weighted by molar-refractivity contribution is -0.135. The second-order valence-corrected chi connectivity index (χ2v) is 6.35. The van der Waals surface area contributed by atoms with Gasteiger partial charge >= 0.3 is 0 Å². The number of benzene rings is 1. The summed E-state index contributed by atoms with van der Waals surface area (Å²) in [6, 6.07) is 12.6. The van der Waals surface area contributed by atoms with Crippen LogP contribution in [-0.2, 0) is 11.2 Å². The molecule has 1 aliphatic rings. The summed E-state index contributed by atoms with van der Waals surface area (Å²) in [6.45, 7) is 6.51. The van der Waals surface area contributed by atoms with Crippen LogP contribution in [0.5, 0.6) is 0 Å². The molecule has 1 N–H and O–H groups in total. The van der Waals surface area contributed by atoms with E-state index in [1.807, 2.05) is 24.0 Å². The van der Waals surface area contributed by atoms with Gasteiger partial charge in [0, 0.05) is 32.0 Å². The van der Waals surface area contributed by atoms with Crippen molar-refractivity contribution >= 4 is 30.7 Å². The maximum absolute atomic E-state index is 13.1. The Morgan fingerprint density at radius 2 is 2.00 bits per heavy atom. The fraction of sp³-hybridized carbons (Fsp3) is 0.400. The number of aryl methyl sites for hydroxylation is 1. The summed E-state index contributed by atoms with van der Waals surface area (Å²) >= 11 is 0. The summed E-state index contributed by atoms with van der Waals surface area (Å²) in [6.07, 6.45) is 4.56. The van der Waals surface area contributed by atoms with Gasteiger partial charge in [0.2, 0.25) is 5.91 Å². The smallest absolute Gasteiger partial charge is 0.230 e. The summed E-state index contributed by atoms with van der Waals surface area (Å²) in [5, 5.41) is 3.42. The molecule has 2 aromatic rings. The number of rotatable bonds is 4. The van der Waals surface area contributed by atoms with Gasteiger partial charge < -0.3 is 10.2 Å². The lowest BCUT2D eigenvalue weighted by atomic mass is 9.96. The van der Waals surface area contributed by atoms with E-state index in [0.29, 0.717) is 0 Å². The van der Waals surface area contributed by atoms with Crippen LogP contribution in [0.15, 0.2) is 48.8 Å². The first-order valence-corrected chi connectivity index (χ1v) is 8.70. The van der Waals surface area contributed by atoms with Crippen LogP contribution in [0.25, 0.3) is 0 Å². The molecule has 1 aromatic heterocycles. The number of hydrogen-bond acceptors (Lipinski definition) is 3. The largest absolute Gasteiger partial charge is 0.333 e. The number of hydrogen-bond donors (Lipinski definition) is 1. The van der Waals surface area contributed by atoms with Crippen molar-refractivity contribution in [1.82, 2.24) is 15.2 Å². The Kier molecular flexibility index (Phi) is 9.06. The molecule has 0 spiro atoms. The van der Waals surface area contributed by atoms with Crippen molar-refractivity contribution in [2.75, 3.05) is 19.6 Å². The zero-order valence-corrected chi connectivity index (χ0v) is 16.9. The van der Waals surface area contributed by atoms with Crippen LogP contribution >= 0.6 is 24.8 Å². The Labute approximate surface area is 168 Å². The summed E-state index contributed by atoms with van der Waals surface area (Å²) in [5.74, 6) is 0.00304. The topological polar surface area (TPSA) is 45.2 Å². The van der Waals surface area contributed by atoms with E-state index in [-0.39, 0.29) is 42.7 Å². The van der Waals surface area contributed by atoms with Crippen molar-refractivity contribution < 1.29 is 4.79 Å². The van der Waals surface area contributed by atoms with Crippen LogP contribution in [0.1, 0.15) is 42.5 Å². The molecule has 6 heteroatoms. The minimum Gasteiger partial charge on any atom is -0.333 e. The Hall–Kier alpha value is -1.62. The lowest BCUT2D eigenvalue weighted by Crippen LogP contribution is -2.49. The molecule has 1 aliphatic heterocycles. The zero-order chi connectivity index (χ0) is 16.9. The number of nitrogens with one attached hydrogen (secondary N) is 1. The molecule has 142 valence electrons. The molecule has 1 fully saturated rings. The van der Waals surface area contributed by atoms with E-state index in [4.69, 9.17) is 0 Å². The molecule has 4 nitrogen and oxygen atoms in total. The van der Waals surface area contributed by atoms with E-state index in [1.165, 1.54) is 11.1 Å². The first-order valence-electron chi connectivity index (χ1n) is 8.70. The second-order valence-electron chi connectivity index (χ2n) is 6.35. The SMILES string of the molecule is CCc1ccc(C2CNCCN2C(=O)C(C)c2cccnc2)cc1.Cl.Cl. The number of carbonyl (C=O) groups is 1. The molecule has 1 aromatic carbocycles. The summed E-state index contributed by atoms with van der Waals surface area (Å²) < 4.78 is 0. The molecule has 3 rings (SSSR count). The van der Waals surface area contributed by atoms with Crippen molar-refractivity contribution in [2.45, 2.75) is 32.2 Å². The highest BCUT2D eigenvalue weighted by atomic mass is 35.5. The summed E-state index contributed by atoms with van der Waals surface area (Å²) in [7, 11) is 0. The van der Waals surface area contributed by atoms with Crippen molar-refractivity contribution in [3.63, 3.8) is 0 Å². The van der Waals surface area contributed by atoms with E-state index < -0.39 is 0 Å². The van der Waals surface area contributed by atoms with E-state index in [2.05, 4.69) is 41.5 Å². The van der Waals surface area contributed by atoms with Gasteiger partial charge in [-0.05, 0) is 36.1 Å². The first kappa shape index (κ1) is 22.4. The number of nitrogens with zero attached hydrogens (tertiary/aromatic N) is 2. The normalized spacial score (nSPS) is 17.6. The molecule has 1 amide bonds. The second kappa shape index (κ2) is 10.5. The molecule has 2 atom stereocenters. The highest BCUT2D eigenvalue weighted by Gasteiger charge is 2.31. The van der Waals surface area contributed by atoms with Gasteiger partial charge in [-0.25, -0.2) is 0 Å². The third-order valence-corrected chi connectivity index (χ3v) is 4.85. The molecule has 0 aliphatic carbocycles. The molecular weight excluding hydrogens is 369 g/mol. The van der Waals surface area contributed by atoms with Crippen LogP contribution in [-0.4, -0.2) is 35.4 Å². The molecule has 0 radical (unpaired) electrons. The maximum Gasteiger partial charge on any atom is 0.230 e. The highest BCUT2D eigenvalue weighted by Crippen LogP contribution is 2.27. The third kappa shape index (κ3) is 4.97. The molecule has 1 saturated heterocycles. The average molecular weight is 396 g/mol. The van der Waals surface area contributed by atoms with E-state index in [1.54, 1.807) is 12.4 Å². The molecule has 0 saturated carbocycles. The van der Waals surface area contributed by atoms with Gasteiger partial charge in [-0.15, -0.1) is 24.8 Å². The number of piperazine rings is 1. The van der Waals surface area contributed by atoms with E-state index >= 15 is 0 Å². The van der Waals surface area contributed by atoms with Crippen molar-refractivity contribution in [1.29, 1.82) is 0 Å². The first-order chi connectivity index (χ1) is 11.7. The van der Waals surface area contributed by atoms with E-state index in [0.717, 1.165) is 31.6 Å². The monoisotopic (exact) mass is 395 g/mol. The predicted molar refractivity (Wildman–Crippen MR) is 110 cm³/mol. The number of aromatic nitrogens is 1. The van der Waals surface area contributed by atoms with Gasteiger partial charge in [-0.2, -0.15) is 0 Å². The zero-order valence-electron chi connectivity index (χ0n) is 15.2. The molecule has 2 unspecified atom stereocenters. The Morgan fingerprint density at radius 1 is 1.27 bits per heavy atom. The van der Waals surface area contributed by atoms with Gasteiger partial charge in [-0.1, -0.05) is 37.3 Å². The Balaban J connectivity index is 0.00000169. The number of halogens is 2. The van der Waals surface area contributed by atoms with Crippen LogP contribution in [0.2, 0.25) is 0 Å². The van der Waals surface area contributed by atoms with Crippen LogP contribution in [0.3, 0.4) is 0 Å². The number of carbonyl (C=O) groups excluding carboxylic acids is 1. The van der Waals surface area contributed by atoms with Crippen molar-refractivity contribution in [3.8, 4) is 0 Å². The quantitative estimate of drug-likeness (QED) is 0.856. The van der Waals surface area contributed by atoms with Crippen LogP contribution in [0, 0.1) is 0 Å². The number of amides is 1. The summed E-state index contributed by atoms with van der Waals surface area (Å²) in [4.78, 5) is 19.2. The standard InChI is InChI=1S/C20H25N3O.2ClH/c1-3-16-6-8-17(9-7-16)19-14-22-11-12-23(19)20(24)15(2)18-5-4-10-21-13-18;;/h4-10,13,15,19,22H,3,11-12,14H2,1-2H3;2*1H.